The SMILES string of the molecule is O=C(C=Cc1ccc(-c2ccc(Cl)cc2Cl)o1)Nc1nc2ccc(F)cc2s1. The molecule has 2 heterocycles. The molecule has 1 amide bonds. The molecule has 4 rings (SSSR count). The van der Waals surface area contributed by atoms with Crippen LogP contribution in [0.4, 0.5) is 9.52 Å². The molecule has 2 aromatic heterocycles. The van der Waals surface area contributed by atoms with Crippen molar-refractivity contribution in [3.63, 3.8) is 0 Å². The van der Waals surface area contributed by atoms with Crippen molar-refractivity contribution in [3.05, 3.63) is 76.2 Å². The molecule has 0 fully saturated rings. The lowest BCUT2D eigenvalue weighted by molar-refractivity contribution is -0.111. The fourth-order valence-corrected chi connectivity index (χ4v) is 3.93. The first-order chi connectivity index (χ1) is 13.5. The number of carbonyl (C=O) groups excluding carboxylic acids is 1. The van der Waals surface area contributed by atoms with Gasteiger partial charge in [0.1, 0.15) is 17.3 Å². The number of aromatic nitrogens is 1. The van der Waals surface area contributed by atoms with E-state index < -0.39 is 0 Å². The Morgan fingerprint density at radius 1 is 1.14 bits per heavy atom. The number of hydrogen-bond donors (Lipinski definition) is 1. The van der Waals surface area contributed by atoms with Gasteiger partial charge in [0.2, 0.25) is 5.91 Å². The van der Waals surface area contributed by atoms with Crippen LogP contribution in [0.15, 0.2) is 59.0 Å². The number of hydrogen-bond acceptors (Lipinski definition) is 4. The zero-order valence-corrected chi connectivity index (χ0v) is 16.4. The molecule has 1 N–H and O–H groups in total. The number of fused-ring (bicyclic) bond motifs is 1. The Bertz CT molecular complexity index is 1220. The summed E-state index contributed by atoms with van der Waals surface area (Å²) in [5.41, 5.74) is 1.33. The third kappa shape index (κ3) is 4.09. The average Bonchev–Trinajstić information content (AvgIpc) is 3.26. The Morgan fingerprint density at radius 2 is 2.00 bits per heavy atom. The monoisotopic (exact) mass is 432 g/mol. The maximum atomic E-state index is 13.2. The lowest BCUT2D eigenvalue weighted by atomic mass is 10.2. The van der Waals surface area contributed by atoms with Crippen LogP contribution >= 0.6 is 34.5 Å². The number of rotatable bonds is 4. The predicted molar refractivity (Wildman–Crippen MR) is 111 cm³/mol. The molecule has 0 aliphatic rings. The van der Waals surface area contributed by atoms with E-state index in [1.807, 2.05) is 0 Å². The molecule has 28 heavy (non-hydrogen) atoms. The Morgan fingerprint density at radius 3 is 2.82 bits per heavy atom. The molecule has 0 saturated carbocycles. The van der Waals surface area contributed by atoms with E-state index in [-0.39, 0.29) is 11.7 Å². The van der Waals surface area contributed by atoms with Gasteiger partial charge in [0.05, 0.1) is 15.2 Å². The van der Waals surface area contributed by atoms with Crippen LogP contribution in [0.25, 0.3) is 27.6 Å². The van der Waals surface area contributed by atoms with Gasteiger partial charge in [-0.3, -0.25) is 10.1 Å². The summed E-state index contributed by atoms with van der Waals surface area (Å²) in [6.07, 6.45) is 2.87. The molecule has 0 atom stereocenters. The Balaban J connectivity index is 1.46. The molecule has 0 aliphatic carbocycles. The lowest BCUT2D eigenvalue weighted by Gasteiger charge is -2.00. The highest BCUT2D eigenvalue weighted by atomic mass is 35.5. The minimum Gasteiger partial charge on any atom is -0.457 e. The third-order valence-electron chi connectivity index (χ3n) is 3.80. The summed E-state index contributed by atoms with van der Waals surface area (Å²) in [7, 11) is 0. The van der Waals surface area contributed by atoms with Crippen LogP contribution in [0.2, 0.25) is 10.0 Å². The minimum absolute atomic E-state index is 0.344. The van der Waals surface area contributed by atoms with E-state index in [9.17, 15) is 9.18 Å². The Hall–Kier alpha value is -2.67. The Kier molecular flexibility index (Phi) is 5.17. The summed E-state index contributed by atoms with van der Waals surface area (Å²) in [5.74, 6) is 0.336. The first-order valence-corrected chi connectivity index (χ1v) is 9.65. The fraction of sp³-hybridized carbons (Fsp3) is 0. The van der Waals surface area contributed by atoms with E-state index in [4.69, 9.17) is 27.6 Å². The fourth-order valence-electron chi connectivity index (χ4n) is 2.53. The number of thiazole rings is 1. The summed E-state index contributed by atoms with van der Waals surface area (Å²) < 4.78 is 19.6. The van der Waals surface area contributed by atoms with Crippen molar-refractivity contribution in [1.29, 1.82) is 0 Å². The third-order valence-corrected chi connectivity index (χ3v) is 5.28. The number of carbonyl (C=O) groups is 1. The lowest BCUT2D eigenvalue weighted by Crippen LogP contribution is -2.07. The smallest absolute Gasteiger partial charge is 0.250 e. The van der Waals surface area contributed by atoms with E-state index in [0.717, 1.165) is 0 Å². The van der Waals surface area contributed by atoms with Crippen LogP contribution in [-0.2, 0) is 4.79 Å². The second kappa shape index (κ2) is 7.75. The predicted octanol–water partition coefficient (Wildman–Crippen LogP) is 6.65. The summed E-state index contributed by atoms with van der Waals surface area (Å²) >= 11 is 13.3. The van der Waals surface area contributed by atoms with Gasteiger partial charge in [-0.05, 0) is 54.6 Å². The van der Waals surface area contributed by atoms with E-state index in [1.54, 1.807) is 36.4 Å². The van der Waals surface area contributed by atoms with Crippen molar-refractivity contribution in [3.8, 4) is 11.3 Å². The van der Waals surface area contributed by atoms with Gasteiger partial charge in [-0.2, -0.15) is 0 Å². The van der Waals surface area contributed by atoms with Crippen molar-refractivity contribution in [2.75, 3.05) is 5.32 Å². The molecule has 2 aromatic carbocycles. The van der Waals surface area contributed by atoms with E-state index in [1.165, 1.54) is 35.6 Å². The number of benzene rings is 2. The normalized spacial score (nSPS) is 11.4. The highest BCUT2D eigenvalue weighted by molar-refractivity contribution is 7.22. The molecule has 140 valence electrons. The second-order valence-electron chi connectivity index (χ2n) is 5.78. The van der Waals surface area contributed by atoms with Gasteiger partial charge in [-0.1, -0.05) is 34.5 Å². The molecule has 0 bridgehead atoms. The number of furan rings is 1. The number of anilines is 1. The number of nitrogens with zero attached hydrogens (tertiary/aromatic N) is 1. The van der Waals surface area contributed by atoms with Crippen LogP contribution in [0.1, 0.15) is 5.76 Å². The van der Waals surface area contributed by atoms with E-state index in [2.05, 4.69) is 10.3 Å². The number of halogens is 3. The highest BCUT2D eigenvalue weighted by Gasteiger charge is 2.09. The van der Waals surface area contributed by atoms with Crippen molar-refractivity contribution in [1.82, 2.24) is 4.98 Å². The van der Waals surface area contributed by atoms with E-state index in [0.29, 0.717) is 42.5 Å². The summed E-state index contributed by atoms with van der Waals surface area (Å²) in [4.78, 5) is 16.4. The maximum absolute atomic E-state index is 13.2. The second-order valence-corrected chi connectivity index (χ2v) is 7.65. The van der Waals surface area contributed by atoms with Crippen LogP contribution in [-0.4, -0.2) is 10.9 Å². The molecule has 0 spiro atoms. The van der Waals surface area contributed by atoms with Crippen LogP contribution in [0.3, 0.4) is 0 Å². The van der Waals surface area contributed by atoms with Crippen LogP contribution < -0.4 is 5.32 Å². The standard InChI is InChI=1S/C20H11Cl2FN2O2S/c21-11-1-5-14(15(22)9-11)17-7-3-13(27-17)4-8-19(26)25-20-24-16-6-2-12(23)10-18(16)28-20/h1-10H,(H,24,25,26). The van der Waals surface area contributed by atoms with Gasteiger partial charge in [0.15, 0.2) is 5.13 Å². The highest BCUT2D eigenvalue weighted by Crippen LogP contribution is 2.32. The van der Waals surface area contributed by atoms with Gasteiger partial charge in [-0.15, -0.1) is 0 Å². The number of nitrogens with one attached hydrogen (secondary N) is 1. The molecule has 0 aliphatic heterocycles. The molecular weight excluding hydrogens is 422 g/mol. The van der Waals surface area contributed by atoms with Gasteiger partial charge in [0.25, 0.3) is 0 Å². The molecule has 4 nitrogen and oxygen atoms in total. The Labute approximate surface area is 173 Å². The van der Waals surface area contributed by atoms with Crippen molar-refractivity contribution in [2.45, 2.75) is 0 Å². The maximum Gasteiger partial charge on any atom is 0.250 e. The molecule has 8 heteroatoms. The topological polar surface area (TPSA) is 55.1 Å². The zero-order valence-electron chi connectivity index (χ0n) is 14.1. The minimum atomic E-state index is -0.373. The average molecular weight is 433 g/mol. The summed E-state index contributed by atoms with van der Waals surface area (Å²) in [5, 5.41) is 4.06. The van der Waals surface area contributed by atoms with Crippen molar-refractivity contribution >= 4 is 61.9 Å². The van der Waals surface area contributed by atoms with Crippen LogP contribution in [0, 0.1) is 5.82 Å². The molecular formula is C20H11Cl2FN2O2S. The van der Waals surface area contributed by atoms with Gasteiger partial charge >= 0.3 is 0 Å². The number of amides is 1. The summed E-state index contributed by atoms with van der Waals surface area (Å²) in [6, 6.07) is 12.9. The first kappa shape index (κ1) is 18.7. The first-order valence-electron chi connectivity index (χ1n) is 8.08. The van der Waals surface area contributed by atoms with Crippen molar-refractivity contribution < 1.29 is 13.6 Å². The van der Waals surface area contributed by atoms with Crippen LogP contribution in [0.5, 0.6) is 0 Å². The van der Waals surface area contributed by atoms with Gasteiger partial charge in [-0.25, -0.2) is 9.37 Å². The zero-order chi connectivity index (χ0) is 19.7. The van der Waals surface area contributed by atoms with E-state index >= 15 is 0 Å². The molecule has 0 saturated heterocycles. The largest absolute Gasteiger partial charge is 0.457 e. The quantitative estimate of drug-likeness (QED) is 0.367. The molecule has 0 unspecified atom stereocenters. The summed E-state index contributed by atoms with van der Waals surface area (Å²) in [6.45, 7) is 0. The molecule has 4 aromatic rings. The molecule has 0 radical (unpaired) electrons. The van der Waals surface area contributed by atoms with Gasteiger partial charge in [0, 0.05) is 16.7 Å². The van der Waals surface area contributed by atoms with Gasteiger partial charge < -0.3 is 4.42 Å². The van der Waals surface area contributed by atoms with Crippen molar-refractivity contribution in [2.24, 2.45) is 0 Å².